The molecule has 1 heterocycles. The van der Waals surface area contributed by atoms with Gasteiger partial charge in [-0.3, -0.25) is 4.79 Å². The molecule has 1 atom stereocenters. The summed E-state index contributed by atoms with van der Waals surface area (Å²) in [7, 11) is -7.72. The maximum Gasteiger partial charge on any atom is 0.243 e. The van der Waals surface area contributed by atoms with E-state index in [2.05, 4.69) is 0 Å². The highest BCUT2D eigenvalue weighted by molar-refractivity contribution is 7.92. The van der Waals surface area contributed by atoms with Gasteiger partial charge in [0.25, 0.3) is 0 Å². The molecule has 0 radical (unpaired) electrons. The predicted molar refractivity (Wildman–Crippen MR) is 103 cm³/mol. The van der Waals surface area contributed by atoms with Crippen molar-refractivity contribution in [1.29, 1.82) is 0 Å². The van der Waals surface area contributed by atoms with E-state index in [0.717, 1.165) is 4.31 Å². The van der Waals surface area contributed by atoms with Crippen molar-refractivity contribution in [2.45, 2.75) is 23.5 Å². The van der Waals surface area contributed by atoms with Crippen LogP contribution in [0.4, 0.5) is 4.39 Å². The molecule has 0 bridgehead atoms. The molecule has 1 aliphatic heterocycles. The van der Waals surface area contributed by atoms with Crippen LogP contribution < -0.4 is 0 Å². The minimum absolute atomic E-state index is 0.0467. The number of sulfonamides is 1. The second-order valence-corrected chi connectivity index (χ2v) is 10.9. The molecule has 9 heteroatoms. The summed E-state index contributed by atoms with van der Waals surface area (Å²) in [6, 6.07) is 11.3. The Morgan fingerprint density at radius 2 is 1.82 bits per heavy atom. The minimum atomic E-state index is -3.98. The Morgan fingerprint density at radius 1 is 1.11 bits per heavy atom. The van der Waals surface area contributed by atoms with Crippen LogP contribution in [-0.2, 0) is 19.9 Å². The third kappa shape index (κ3) is 4.01. The summed E-state index contributed by atoms with van der Waals surface area (Å²) in [5.74, 6) is -1.30. The molecule has 0 N–H and O–H groups in total. The van der Waals surface area contributed by atoms with Crippen molar-refractivity contribution in [3.05, 3.63) is 65.5 Å². The lowest BCUT2D eigenvalue weighted by Gasteiger charge is -2.20. The molecule has 1 aliphatic rings. The van der Waals surface area contributed by atoms with Crippen LogP contribution in [0.5, 0.6) is 0 Å². The number of hydrogen-bond donors (Lipinski definition) is 0. The lowest BCUT2D eigenvalue weighted by atomic mass is 10.1. The Balaban J connectivity index is 1.93. The van der Waals surface area contributed by atoms with E-state index in [4.69, 9.17) is 0 Å². The van der Waals surface area contributed by atoms with E-state index in [1.807, 2.05) is 0 Å². The Morgan fingerprint density at radius 3 is 2.50 bits per heavy atom. The van der Waals surface area contributed by atoms with Crippen LogP contribution in [-0.4, -0.2) is 45.8 Å². The molecule has 6 nitrogen and oxygen atoms in total. The average Bonchev–Trinajstić information content (AvgIpc) is 2.81. The van der Waals surface area contributed by atoms with Crippen molar-refractivity contribution < 1.29 is 26.0 Å². The topological polar surface area (TPSA) is 88.6 Å². The first-order chi connectivity index (χ1) is 13.1. The van der Waals surface area contributed by atoms with Gasteiger partial charge in [0.1, 0.15) is 5.82 Å². The fraction of sp³-hybridized carbons (Fsp3) is 0.316. The highest BCUT2D eigenvalue weighted by Gasteiger charge is 2.36. The van der Waals surface area contributed by atoms with Crippen molar-refractivity contribution >= 4 is 25.6 Å². The van der Waals surface area contributed by atoms with Gasteiger partial charge >= 0.3 is 0 Å². The zero-order valence-corrected chi connectivity index (χ0v) is 16.8. The van der Waals surface area contributed by atoms with Crippen molar-refractivity contribution in [3.8, 4) is 0 Å². The van der Waals surface area contributed by atoms with E-state index in [1.54, 1.807) is 6.07 Å². The lowest BCUT2D eigenvalue weighted by Crippen LogP contribution is -2.33. The molecule has 0 spiro atoms. The molecule has 0 saturated carbocycles. The van der Waals surface area contributed by atoms with Crippen molar-refractivity contribution in [2.24, 2.45) is 0 Å². The van der Waals surface area contributed by atoms with Crippen LogP contribution in [0.1, 0.15) is 34.5 Å². The number of hydrogen-bond acceptors (Lipinski definition) is 5. The number of carbonyl (C=O) groups excluding carboxylic acids is 1. The van der Waals surface area contributed by atoms with Crippen LogP contribution in [0, 0.1) is 5.82 Å². The second-order valence-electron chi connectivity index (χ2n) is 6.65. The number of nitrogens with zero attached hydrogens (tertiary/aromatic N) is 1. The van der Waals surface area contributed by atoms with Crippen LogP contribution in [0.2, 0.25) is 0 Å². The molecule has 0 aromatic heterocycles. The normalized spacial score (nSPS) is 20.4. The first-order valence-electron chi connectivity index (χ1n) is 8.70. The van der Waals surface area contributed by atoms with E-state index in [-0.39, 0.29) is 41.3 Å². The molecule has 0 amide bonds. The number of halogens is 1. The summed E-state index contributed by atoms with van der Waals surface area (Å²) in [4.78, 5) is 11.5. The van der Waals surface area contributed by atoms with Crippen LogP contribution in [0.3, 0.4) is 0 Å². The molecule has 1 unspecified atom stereocenters. The van der Waals surface area contributed by atoms with E-state index < -0.39 is 36.7 Å². The molecule has 0 aliphatic carbocycles. The van der Waals surface area contributed by atoms with Gasteiger partial charge in [-0.05, 0) is 31.5 Å². The predicted octanol–water partition coefficient (Wildman–Crippen LogP) is 2.58. The maximum atomic E-state index is 14.1. The molecule has 1 fully saturated rings. The van der Waals surface area contributed by atoms with E-state index in [9.17, 15) is 26.0 Å². The van der Waals surface area contributed by atoms with Gasteiger partial charge in [0, 0.05) is 24.2 Å². The number of benzene rings is 2. The summed E-state index contributed by atoms with van der Waals surface area (Å²) in [6.45, 7) is 1.05. The summed E-state index contributed by atoms with van der Waals surface area (Å²) in [5, 5.41) is -1.10. The Labute approximate surface area is 164 Å². The third-order valence-electron chi connectivity index (χ3n) is 4.83. The summed E-state index contributed by atoms with van der Waals surface area (Å²) in [6.07, 6.45) is -0.0467. The van der Waals surface area contributed by atoms with Gasteiger partial charge in [0.15, 0.2) is 15.6 Å². The highest BCUT2D eigenvalue weighted by atomic mass is 32.2. The smallest absolute Gasteiger partial charge is 0.243 e. The van der Waals surface area contributed by atoms with Gasteiger partial charge in [-0.25, -0.2) is 21.2 Å². The van der Waals surface area contributed by atoms with Crippen LogP contribution in [0.15, 0.2) is 53.4 Å². The average molecular weight is 426 g/mol. The van der Waals surface area contributed by atoms with Crippen LogP contribution >= 0.6 is 0 Å². The molecular formula is C19H20FNO5S2. The molecule has 3 rings (SSSR count). The zero-order chi connectivity index (χ0) is 20.5. The van der Waals surface area contributed by atoms with Crippen molar-refractivity contribution in [3.63, 3.8) is 0 Å². The van der Waals surface area contributed by atoms with Gasteiger partial charge in [-0.1, -0.05) is 30.3 Å². The molecule has 2 aromatic rings. The first kappa shape index (κ1) is 20.6. The number of Topliss-reactive ketones (excluding diaryl/α,β-unsaturated/α-hetero) is 1. The molecule has 28 heavy (non-hydrogen) atoms. The lowest BCUT2D eigenvalue weighted by molar-refractivity contribution is 0.101. The largest absolute Gasteiger partial charge is 0.295 e. The quantitative estimate of drug-likeness (QED) is 0.703. The number of rotatable bonds is 4. The number of sulfone groups is 1. The molecule has 2 aromatic carbocycles. The second kappa shape index (κ2) is 7.73. The van der Waals surface area contributed by atoms with Gasteiger partial charge in [-0.2, -0.15) is 4.31 Å². The fourth-order valence-electron chi connectivity index (χ4n) is 3.27. The third-order valence-corrected chi connectivity index (χ3v) is 8.83. The van der Waals surface area contributed by atoms with Gasteiger partial charge < -0.3 is 0 Å². The Hall–Kier alpha value is -2.10. The minimum Gasteiger partial charge on any atom is -0.295 e. The zero-order valence-electron chi connectivity index (χ0n) is 15.2. The molecular weight excluding hydrogens is 405 g/mol. The summed E-state index contributed by atoms with van der Waals surface area (Å²) in [5.41, 5.74) is 0.313. The van der Waals surface area contributed by atoms with E-state index in [1.165, 1.54) is 49.4 Å². The summed E-state index contributed by atoms with van der Waals surface area (Å²) >= 11 is 0. The summed E-state index contributed by atoms with van der Waals surface area (Å²) < 4.78 is 66.5. The van der Waals surface area contributed by atoms with E-state index in [0.29, 0.717) is 0 Å². The van der Waals surface area contributed by atoms with Crippen molar-refractivity contribution in [1.82, 2.24) is 4.31 Å². The Bertz CT molecular complexity index is 1110. The monoisotopic (exact) mass is 425 g/mol. The Kier molecular flexibility index (Phi) is 5.69. The first-order valence-corrected chi connectivity index (χ1v) is 11.9. The maximum absolute atomic E-state index is 14.1. The number of ketones is 1. The van der Waals surface area contributed by atoms with Crippen LogP contribution in [0.25, 0.3) is 0 Å². The molecule has 150 valence electrons. The standard InChI is InChI=1S/C19H20FNO5S2/c1-14(22)15-5-4-6-16(13-15)28(25,26)21-10-9-19(27(23,24)12-11-21)17-7-2-3-8-18(17)20/h2-8,13,19H,9-12H2,1H3. The van der Waals surface area contributed by atoms with E-state index >= 15 is 0 Å². The fourth-order valence-corrected chi connectivity index (χ4v) is 6.69. The SMILES string of the molecule is CC(=O)c1cccc(S(=O)(=O)N2CCC(c3ccccc3F)S(=O)(=O)CC2)c1. The highest BCUT2D eigenvalue weighted by Crippen LogP contribution is 2.32. The van der Waals surface area contributed by atoms with Gasteiger partial charge in [0.2, 0.25) is 10.0 Å². The molecule has 1 saturated heterocycles. The van der Waals surface area contributed by atoms with Gasteiger partial charge in [0.05, 0.1) is 15.9 Å². The van der Waals surface area contributed by atoms with Gasteiger partial charge in [-0.15, -0.1) is 0 Å². The van der Waals surface area contributed by atoms with Crippen molar-refractivity contribution in [2.75, 3.05) is 18.8 Å². The number of carbonyl (C=O) groups is 1.